The molecule has 0 bridgehead atoms. The van der Waals surface area contributed by atoms with Gasteiger partial charge in [0.1, 0.15) is 5.75 Å². The fraction of sp³-hybridized carbons (Fsp3) is 0.333. The molecule has 0 heterocycles. The molecule has 0 radical (unpaired) electrons. The van der Waals surface area contributed by atoms with Crippen molar-refractivity contribution >= 4 is 23.7 Å². The number of phenols is 1. The van der Waals surface area contributed by atoms with Crippen molar-refractivity contribution in [2.75, 3.05) is 14.2 Å². The number of aromatic hydroxyl groups is 1. The van der Waals surface area contributed by atoms with Crippen molar-refractivity contribution in [1.29, 1.82) is 0 Å². The van der Waals surface area contributed by atoms with Crippen LogP contribution in [0.4, 0.5) is 0 Å². The van der Waals surface area contributed by atoms with Gasteiger partial charge in [0.05, 0.1) is 36.6 Å². The third-order valence-electron chi connectivity index (χ3n) is 5.28. The average Bonchev–Trinajstić information content (AvgIpc) is 2.79. The van der Waals surface area contributed by atoms with E-state index in [1.807, 2.05) is 0 Å². The molecule has 0 aromatic heterocycles. The van der Waals surface area contributed by atoms with Crippen molar-refractivity contribution in [1.82, 2.24) is 5.43 Å². The van der Waals surface area contributed by atoms with Crippen molar-refractivity contribution in [2.45, 2.75) is 37.6 Å². The van der Waals surface area contributed by atoms with E-state index in [1.165, 1.54) is 37.9 Å². The van der Waals surface area contributed by atoms with Gasteiger partial charge in [-0.25, -0.2) is 5.43 Å². The van der Waals surface area contributed by atoms with Gasteiger partial charge in [0.25, 0.3) is 5.91 Å². The topological polar surface area (TPSA) is 106 Å². The van der Waals surface area contributed by atoms with E-state index in [4.69, 9.17) is 26.8 Å². The summed E-state index contributed by atoms with van der Waals surface area (Å²) in [5, 5.41) is 13.6. The van der Waals surface area contributed by atoms with Crippen LogP contribution in [0.5, 0.6) is 17.2 Å². The van der Waals surface area contributed by atoms with Gasteiger partial charge in [0.15, 0.2) is 11.5 Å². The van der Waals surface area contributed by atoms with Gasteiger partial charge in [0, 0.05) is 5.56 Å². The van der Waals surface area contributed by atoms with Crippen LogP contribution in [-0.4, -0.2) is 37.0 Å². The normalized spacial score (nSPS) is 15.0. The molecule has 4 N–H and O–H groups in total. The highest BCUT2D eigenvalue weighted by atomic mass is 35.5. The molecule has 7 nitrogen and oxygen atoms in total. The quantitative estimate of drug-likeness (QED) is 0.361. The Morgan fingerprint density at radius 2 is 1.97 bits per heavy atom. The maximum atomic E-state index is 12.3. The van der Waals surface area contributed by atoms with Crippen molar-refractivity contribution in [3.8, 4) is 29.1 Å². The van der Waals surface area contributed by atoms with Crippen LogP contribution in [0.3, 0.4) is 0 Å². The molecule has 1 aliphatic carbocycles. The van der Waals surface area contributed by atoms with Gasteiger partial charge in [0.2, 0.25) is 0 Å². The Bertz CT molecular complexity index is 1080. The van der Waals surface area contributed by atoms with Gasteiger partial charge in [-0.15, -0.1) is 0 Å². The van der Waals surface area contributed by atoms with Crippen molar-refractivity contribution in [3.05, 3.63) is 52.0 Å². The first kappa shape index (κ1) is 23.5. The highest BCUT2D eigenvalue weighted by molar-refractivity contribution is 6.32. The lowest BCUT2D eigenvalue weighted by Gasteiger charge is -2.27. The second-order valence-electron chi connectivity index (χ2n) is 7.64. The van der Waals surface area contributed by atoms with Crippen LogP contribution < -0.4 is 20.6 Å². The van der Waals surface area contributed by atoms with E-state index >= 15 is 0 Å². The predicted octanol–water partition coefficient (Wildman–Crippen LogP) is 3.84. The monoisotopic (exact) mass is 455 g/mol. The van der Waals surface area contributed by atoms with Gasteiger partial charge < -0.3 is 20.3 Å². The second kappa shape index (κ2) is 10.4. The summed E-state index contributed by atoms with van der Waals surface area (Å²) in [5.74, 6) is 6.82. The minimum atomic E-state index is -0.500. The fourth-order valence-electron chi connectivity index (χ4n) is 3.53. The molecule has 1 amide bonds. The summed E-state index contributed by atoms with van der Waals surface area (Å²) in [6, 6.07) is 7.68. The van der Waals surface area contributed by atoms with Crippen LogP contribution in [0.1, 0.15) is 53.6 Å². The number of benzene rings is 2. The zero-order valence-corrected chi connectivity index (χ0v) is 18.8. The fourth-order valence-corrected chi connectivity index (χ4v) is 3.71. The van der Waals surface area contributed by atoms with Gasteiger partial charge in [-0.1, -0.05) is 42.7 Å². The third kappa shape index (κ3) is 5.72. The number of phenolic OH excluding ortho intramolecular Hbond substituents is 1. The van der Waals surface area contributed by atoms with Crippen LogP contribution in [-0.2, 0) is 0 Å². The highest BCUT2D eigenvalue weighted by Crippen LogP contribution is 2.32. The Hall–Kier alpha value is -3.21. The minimum Gasteiger partial charge on any atom is -0.506 e. The molecule has 0 atom stereocenters. The van der Waals surface area contributed by atoms with Crippen LogP contribution in [0.2, 0.25) is 5.02 Å². The molecule has 0 spiro atoms. The van der Waals surface area contributed by atoms with E-state index in [2.05, 4.69) is 22.4 Å². The average molecular weight is 456 g/mol. The van der Waals surface area contributed by atoms with Gasteiger partial charge in [-0.05, 0) is 48.7 Å². The number of nitrogens with two attached hydrogens (primary N) is 1. The molecule has 168 valence electrons. The molecule has 1 fully saturated rings. The number of amides is 1. The lowest BCUT2D eigenvalue weighted by Crippen LogP contribution is -2.40. The zero-order valence-electron chi connectivity index (χ0n) is 18.1. The Morgan fingerprint density at radius 3 is 2.62 bits per heavy atom. The van der Waals surface area contributed by atoms with Crippen LogP contribution in [0, 0.1) is 11.8 Å². The van der Waals surface area contributed by atoms with E-state index in [-0.39, 0.29) is 16.3 Å². The number of nitrogens with zero attached hydrogens (tertiary/aromatic N) is 1. The molecule has 32 heavy (non-hydrogen) atoms. The molecule has 1 saturated carbocycles. The molecule has 3 rings (SSSR count). The summed E-state index contributed by atoms with van der Waals surface area (Å²) in [7, 11) is 3.09. The van der Waals surface area contributed by atoms with E-state index in [0.717, 1.165) is 25.7 Å². The molecule has 8 heteroatoms. The number of methoxy groups -OCH3 is 2. The highest BCUT2D eigenvalue weighted by Gasteiger charge is 2.25. The second-order valence-corrected chi connectivity index (χ2v) is 8.04. The summed E-state index contributed by atoms with van der Waals surface area (Å²) in [4.78, 5) is 12.3. The van der Waals surface area contributed by atoms with Gasteiger partial charge in [-0.2, -0.15) is 5.10 Å². The Morgan fingerprint density at radius 1 is 1.22 bits per heavy atom. The van der Waals surface area contributed by atoms with E-state index < -0.39 is 11.4 Å². The van der Waals surface area contributed by atoms with Crippen molar-refractivity contribution < 1.29 is 19.4 Å². The molecule has 0 aliphatic heterocycles. The first-order valence-corrected chi connectivity index (χ1v) is 10.6. The molecular weight excluding hydrogens is 430 g/mol. The summed E-state index contributed by atoms with van der Waals surface area (Å²) < 4.78 is 10.9. The molecule has 0 unspecified atom stereocenters. The number of hydrogen-bond acceptors (Lipinski definition) is 6. The maximum absolute atomic E-state index is 12.3. The van der Waals surface area contributed by atoms with Crippen LogP contribution >= 0.6 is 11.6 Å². The lowest BCUT2D eigenvalue weighted by atomic mass is 9.83. The maximum Gasteiger partial charge on any atom is 0.271 e. The standard InChI is InChI=1S/C24H26ClN3O4/c1-31-21-13-16(15-27-28-23(30)18-6-7-20(29)19(25)14-18)12-17(22(21)32-2)8-11-24(26)9-4-3-5-10-24/h6-7,12-15,29H,3-5,9-10,26H2,1-2H3,(H,28,30)/b27-15+. The Balaban J connectivity index is 1.83. The molecular formula is C24H26ClN3O4. The van der Waals surface area contributed by atoms with Gasteiger partial charge >= 0.3 is 0 Å². The van der Waals surface area contributed by atoms with Gasteiger partial charge in [-0.3, -0.25) is 4.79 Å². The summed E-state index contributed by atoms with van der Waals surface area (Å²) in [5.41, 5.74) is 9.93. The molecule has 1 aliphatic rings. The van der Waals surface area contributed by atoms with E-state index in [9.17, 15) is 9.90 Å². The predicted molar refractivity (Wildman–Crippen MR) is 125 cm³/mol. The van der Waals surface area contributed by atoms with Crippen LogP contribution in [0.15, 0.2) is 35.4 Å². The van der Waals surface area contributed by atoms with E-state index in [1.54, 1.807) is 19.2 Å². The lowest BCUT2D eigenvalue weighted by molar-refractivity contribution is 0.0955. The number of nitrogens with one attached hydrogen (secondary N) is 1. The zero-order chi connectivity index (χ0) is 23.1. The largest absolute Gasteiger partial charge is 0.506 e. The molecule has 2 aromatic carbocycles. The van der Waals surface area contributed by atoms with Crippen LogP contribution in [0.25, 0.3) is 0 Å². The Kier molecular flexibility index (Phi) is 7.62. The number of hydrogen-bond donors (Lipinski definition) is 3. The first-order chi connectivity index (χ1) is 15.3. The third-order valence-corrected chi connectivity index (χ3v) is 5.59. The smallest absolute Gasteiger partial charge is 0.271 e. The molecule has 2 aromatic rings. The van der Waals surface area contributed by atoms with E-state index in [0.29, 0.717) is 22.6 Å². The van der Waals surface area contributed by atoms with Crippen molar-refractivity contribution in [2.24, 2.45) is 10.8 Å². The number of hydrazone groups is 1. The number of rotatable bonds is 5. The summed E-state index contributed by atoms with van der Waals surface area (Å²) in [6.07, 6.45) is 6.55. The first-order valence-electron chi connectivity index (χ1n) is 10.3. The number of carbonyl (C=O) groups is 1. The number of carbonyl (C=O) groups excluding carboxylic acids is 1. The SMILES string of the molecule is COc1cc(/C=N/NC(=O)c2ccc(O)c(Cl)c2)cc(C#CC2(N)CCCCC2)c1OC. The summed E-state index contributed by atoms with van der Waals surface area (Å²) in [6.45, 7) is 0. The van der Waals surface area contributed by atoms with Crippen molar-refractivity contribution in [3.63, 3.8) is 0 Å². The Labute approximate surface area is 192 Å². The summed E-state index contributed by atoms with van der Waals surface area (Å²) >= 11 is 5.85. The number of ether oxygens (including phenoxy) is 2. The number of halogens is 1. The minimum absolute atomic E-state index is 0.0837. The molecule has 0 saturated heterocycles.